The normalized spacial score (nSPS) is 14.0. The molecule has 2 aromatic carbocycles. The number of imide groups is 1. The minimum Gasteiger partial charge on any atom is -0.326 e. The molecular weight excluding hydrogens is 375 g/mol. The molecule has 1 aliphatic rings. The lowest BCUT2D eigenvalue weighted by Gasteiger charge is -2.19. The van der Waals surface area contributed by atoms with E-state index in [1.165, 1.54) is 4.90 Å². The summed E-state index contributed by atoms with van der Waals surface area (Å²) in [6.07, 6.45) is 0.489. The van der Waals surface area contributed by atoms with Gasteiger partial charge in [-0.1, -0.05) is 36.4 Å². The maximum Gasteiger partial charge on any atom is 0.261 e. The fourth-order valence-corrected chi connectivity index (χ4v) is 3.06. The molecule has 0 saturated carbocycles. The number of Topliss-reactive ketones (excluding diaryl/α,β-unsaturated/α-hetero) is 1. The van der Waals surface area contributed by atoms with Crippen LogP contribution >= 0.6 is 24.0 Å². The summed E-state index contributed by atoms with van der Waals surface area (Å²) >= 11 is 5.53. The molecule has 0 bridgehead atoms. The summed E-state index contributed by atoms with van der Waals surface area (Å²) in [6.45, 7) is 0.148. The van der Waals surface area contributed by atoms with Crippen LogP contribution in [-0.4, -0.2) is 41.0 Å². The zero-order valence-electron chi connectivity index (χ0n) is 13.9. The second kappa shape index (κ2) is 8.45. The third-order valence-corrected chi connectivity index (χ3v) is 4.43. The van der Waals surface area contributed by atoms with Crippen molar-refractivity contribution in [2.45, 2.75) is 12.5 Å². The number of alkyl halides is 1. The van der Waals surface area contributed by atoms with Crippen molar-refractivity contribution < 1.29 is 14.4 Å². The Morgan fingerprint density at radius 3 is 2.04 bits per heavy atom. The van der Waals surface area contributed by atoms with Gasteiger partial charge >= 0.3 is 0 Å². The first-order valence-corrected chi connectivity index (χ1v) is 8.43. The number of carbonyl (C=O) groups excluding carboxylic acids is 3. The van der Waals surface area contributed by atoms with Crippen molar-refractivity contribution in [1.82, 2.24) is 4.90 Å². The molecule has 1 unspecified atom stereocenters. The zero-order valence-corrected chi connectivity index (χ0v) is 15.4. The van der Waals surface area contributed by atoms with E-state index in [4.69, 9.17) is 17.3 Å². The van der Waals surface area contributed by atoms with Crippen molar-refractivity contribution in [2.75, 3.05) is 12.4 Å². The van der Waals surface area contributed by atoms with Gasteiger partial charge < -0.3 is 5.73 Å². The van der Waals surface area contributed by atoms with Gasteiger partial charge in [0, 0.05) is 18.2 Å². The molecule has 1 aliphatic heterocycles. The van der Waals surface area contributed by atoms with Crippen LogP contribution in [0.15, 0.2) is 48.5 Å². The summed E-state index contributed by atoms with van der Waals surface area (Å²) in [6, 6.07) is 13.4. The summed E-state index contributed by atoms with van der Waals surface area (Å²) in [7, 11) is 0. The maximum absolute atomic E-state index is 12.3. The Balaban J connectivity index is 0.00000243. The van der Waals surface area contributed by atoms with Crippen molar-refractivity contribution >= 4 is 41.6 Å². The number of rotatable bonds is 6. The predicted molar refractivity (Wildman–Crippen MR) is 102 cm³/mol. The van der Waals surface area contributed by atoms with Crippen LogP contribution in [0.2, 0.25) is 0 Å². The second-order valence-corrected chi connectivity index (χ2v) is 6.25. The number of carbonyl (C=O) groups is 3. The predicted octanol–water partition coefficient (Wildman–Crippen LogP) is 2.70. The van der Waals surface area contributed by atoms with E-state index in [-0.39, 0.29) is 42.4 Å². The number of ketones is 1. The van der Waals surface area contributed by atoms with Crippen LogP contribution in [0.3, 0.4) is 0 Å². The van der Waals surface area contributed by atoms with Gasteiger partial charge in [-0.25, -0.2) is 0 Å². The van der Waals surface area contributed by atoms with Gasteiger partial charge in [-0.2, -0.15) is 0 Å². The molecule has 0 fully saturated rings. The van der Waals surface area contributed by atoms with Crippen molar-refractivity contribution in [2.24, 2.45) is 5.73 Å². The molecule has 2 N–H and O–H groups in total. The molecule has 2 amide bonds. The summed E-state index contributed by atoms with van der Waals surface area (Å²) in [4.78, 5) is 37.4. The summed E-state index contributed by atoms with van der Waals surface area (Å²) < 4.78 is 0. The summed E-state index contributed by atoms with van der Waals surface area (Å²) in [5, 5.41) is 0. The number of hydrogen-bond acceptors (Lipinski definition) is 4. The fraction of sp³-hybridized carbons (Fsp3) is 0.211. The number of amides is 2. The first kappa shape index (κ1) is 20.1. The van der Waals surface area contributed by atoms with Crippen LogP contribution in [0.1, 0.15) is 36.6 Å². The van der Waals surface area contributed by atoms with Gasteiger partial charge in [0.2, 0.25) is 0 Å². The quantitative estimate of drug-likeness (QED) is 0.465. The lowest BCUT2D eigenvalue weighted by Crippen LogP contribution is -2.41. The Kier molecular flexibility index (Phi) is 6.53. The zero-order chi connectivity index (χ0) is 18.0. The SMILES string of the molecule is Cl.NC(Cc1ccc(C(=O)CCl)cc1)CN1C(=O)c2ccccc2C1=O. The van der Waals surface area contributed by atoms with Gasteiger partial charge in [-0.15, -0.1) is 24.0 Å². The first-order valence-electron chi connectivity index (χ1n) is 7.90. The molecule has 0 aromatic heterocycles. The highest BCUT2D eigenvalue weighted by atomic mass is 35.5. The monoisotopic (exact) mass is 392 g/mol. The van der Waals surface area contributed by atoms with Crippen LogP contribution < -0.4 is 5.73 Å². The molecule has 26 heavy (non-hydrogen) atoms. The smallest absolute Gasteiger partial charge is 0.261 e. The van der Waals surface area contributed by atoms with E-state index in [1.54, 1.807) is 36.4 Å². The van der Waals surface area contributed by atoms with E-state index in [9.17, 15) is 14.4 Å². The number of benzene rings is 2. The van der Waals surface area contributed by atoms with Crippen molar-refractivity contribution in [1.29, 1.82) is 0 Å². The number of halogens is 2. The molecule has 2 aromatic rings. The number of hydrogen-bond donors (Lipinski definition) is 1. The van der Waals surface area contributed by atoms with Crippen LogP contribution in [0, 0.1) is 0 Å². The van der Waals surface area contributed by atoms with Crippen molar-refractivity contribution in [3.63, 3.8) is 0 Å². The lowest BCUT2D eigenvalue weighted by atomic mass is 10.0. The van der Waals surface area contributed by atoms with E-state index in [2.05, 4.69) is 0 Å². The molecule has 0 radical (unpaired) electrons. The number of nitrogens with zero attached hydrogens (tertiary/aromatic N) is 1. The summed E-state index contributed by atoms with van der Waals surface area (Å²) in [5.41, 5.74) is 8.45. The van der Waals surface area contributed by atoms with Crippen molar-refractivity contribution in [3.8, 4) is 0 Å². The van der Waals surface area contributed by atoms with Crippen molar-refractivity contribution in [3.05, 3.63) is 70.8 Å². The highest BCUT2D eigenvalue weighted by Gasteiger charge is 2.35. The summed E-state index contributed by atoms with van der Waals surface area (Å²) in [5.74, 6) is -0.805. The van der Waals surface area contributed by atoms with Gasteiger partial charge in [0.15, 0.2) is 5.78 Å². The Morgan fingerprint density at radius 2 is 1.54 bits per heavy atom. The van der Waals surface area contributed by atoms with E-state index in [0.29, 0.717) is 23.1 Å². The fourth-order valence-electron chi connectivity index (χ4n) is 2.91. The molecule has 5 nitrogen and oxygen atoms in total. The van der Waals surface area contributed by atoms with Crippen LogP contribution in [-0.2, 0) is 6.42 Å². The van der Waals surface area contributed by atoms with Gasteiger partial charge in [-0.3, -0.25) is 19.3 Å². The minimum absolute atomic E-state index is 0. The third-order valence-electron chi connectivity index (χ3n) is 4.19. The van der Waals surface area contributed by atoms with E-state index < -0.39 is 6.04 Å². The maximum atomic E-state index is 12.3. The number of nitrogens with two attached hydrogens (primary N) is 1. The lowest BCUT2D eigenvalue weighted by molar-refractivity contribution is 0.0644. The largest absolute Gasteiger partial charge is 0.326 e. The van der Waals surface area contributed by atoms with Gasteiger partial charge in [0.1, 0.15) is 0 Å². The Bertz CT molecular complexity index is 802. The molecule has 1 atom stereocenters. The molecule has 0 aliphatic carbocycles. The first-order chi connectivity index (χ1) is 12.0. The van der Waals surface area contributed by atoms with E-state index >= 15 is 0 Å². The van der Waals surface area contributed by atoms with Gasteiger partial charge in [0.25, 0.3) is 11.8 Å². The Hall–Kier alpha value is -2.21. The highest BCUT2D eigenvalue weighted by Crippen LogP contribution is 2.22. The topological polar surface area (TPSA) is 80.5 Å². The molecular formula is C19H18Cl2N2O3. The van der Waals surface area contributed by atoms with Gasteiger partial charge in [0.05, 0.1) is 17.0 Å². The molecule has 7 heteroatoms. The Morgan fingerprint density at radius 1 is 1.00 bits per heavy atom. The second-order valence-electron chi connectivity index (χ2n) is 5.98. The van der Waals surface area contributed by atoms with Crippen LogP contribution in [0.25, 0.3) is 0 Å². The van der Waals surface area contributed by atoms with E-state index in [0.717, 1.165) is 5.56 Å². The van der Waals surface area contributed by atoms with Crippen LogP contribution in [0.4, 0.5) is 0 Å². The Labute approximate surface area is 162 Å². The average molecular weight is 393 g/mol. The van der Waals surface area contributed by atoms with E-state index in [1.807, 2.05) is 12.1 Å². The highest BCUT2D eigenvalue weighted by molar-refractivity contribution is 6.30. The standard InChI is InChI=1S/C19H17ClN2O3.ClH/c20-10-17(23)13-7-5-12(6-8-13)9-14(21)11-22-18(24)15-3-1-2-4-16(15)19(22)25;/h1-8,14H,9-11,21H2;1H. The molecule has 1 heterocycles. The van der Waals surface area contributed by atoms with Gasteiger partial charge in [-0.05, 0) is 24.1 Å². The third kappa shape index (κ3) is 3.96. The number of fused-ring (bicyclic) bond motifs is 1. The molecule has 3 rings (SSSR count). The molecule has 0 spiro atoms. The minimum atomic E-state index is -0.392. The molecule has 136 valence electrons. The van der Waals surface area contributed by atoms with Crippen LogP contribution in [0.5, 0.6) is 0 Å². The average Bonchev–Trinajstić information content (AvgIpc) is 2.87. The molecule has 0 saturated heterocycles.